The van der Waals surface area contributed by atoms with Crippen LogP contribution in [0.3, 0.4) is 0 Å². The number of anilines is 3. The highest BCUT2D eigenvalue weighted by atomic mass is 19.1. The first-order valence-corrected chi connectivity index (χ1v) is 9.34. The molecular formula is C20H21FN6O2. The van der Waals surface area contributed by atoms with Crippen LogP contribution < -0.4 is 15.1 Å². The molecule has 1 aliphatic rings. The quantitative estimate of drug-likeness (QED) is 0.726. The molecule has 3 heterocycles. The van der Waals surface area contributed by atoms with Gasteiger partial charge < -0.3 is 19.6 Å². The standard InChI is InChI=1S/C20H21FN6O2/c1-13-11-17(19(28)24-18-12-14(2)29-25-18)23-20(22-13)27-9-7-26(8-10-27)16-5-3-15(21)4-6-16/h3-6,11-12H,7-10H2,1-2H3,(H,24,25,28). The minimum Gasteiger partial charge on any atom is -0.368 e. The molecule has 0 atom stereocenters. The Hall–Kier alpha value is -3.49. The van der Waals surface area contributed by atoms with Crippen molar-refractivity contribution >= 4 is 23.4 Å². The van der Waals surface area contributed by atoms with Crippen molar-refractivity contribution in [1.82, 2.24) is 15.1 Å². The minimum atomic E-state index is -0.366. The highest BCUT2D eigenvalue weighted by Gasteiger charge is 2.21. The van der Waals surface area contributed by atoms with E-state index in [0.29, 0.717) is 36.3 Å². The third kappa shape index (κ3) is 4.34. The summed E-state index contributed by atoms with van der Waals surface area (Å²) in [6.45, 7) is 6.48. The van der Waals surface area contributed by atoms with E-state index in [4.69, 9.17) is 4.52 Å². The van der Waals surface area contributed by atoms with Crippen LogP contribution in [-0.4, -0.2) is 47.2 Å². The summed E-state index contributed by atoms with van der Waals surface area (Å²) < 4.78 is 18.1. The van der Waals surface area contributed by atoms with E-state index < -0.39 is 0 Å². The van der Waals surface area contributed by atoms with Crippen LogP contribution in [0.4, 0.5) is 21.8 Å². The fraction of sp³-hybridized carbons (Fsp3) is 0.300. The molecule has 0 bridgehead atoms. The lowest BCUT2D eigenvalue weighted by molar-refractivity contribution is 0.102. The van der Waals surface area contributed by atoms with E-state index >= 15 is 0 Å². The second kappa shape index (κ2) is 7.86. The van der Waals surface area contributed by atoms with Gasteiger partial charge in [-0.25, -0.2) is 14.4 Å². The Bertz CT molecular complexity index is 1010. The number of nitrogens with zero attached hydrogens (tertiary/aromatic N) is 5. The number of carbonyl (C=O) groups is 1. The Balaban J connectivity index is 1.45. The first-order valence-electron chi connectivity index (χ1n) is 9.34. The summed E-state index contributed by atoms with van der Waals surface area (Å²) in [5.74, 6) is 0.865. The van der Waals surface area contributed by atoms with E-state index in [9.17, 15) is 9.18 Å². The normalized spacial score (nSPS) is 14.2. The van der Waals surface area contributed by atoms with Crippen LogP contribution in [0.1, 0.15) is 21.9 Å². The molecule has 9 heteroatoms. The van der Waals surface area contributed by atoms with Gasteiger partial charge in [0.2, 0.25) is 5.95 Å². The third-order valence-corrected chi connectivity index (χ3v) is 4.70. The van der Waals surface area contributed by atoms with Crippen LogP contribution in [0.15, 0.2) is 40.9 Å². The predicted octanol–water partition coefficient (Wildman–Crippen LogP) is 2.80. The molecule has 150 valence electrons. The number of nitrogens with one attached hydrogen (secondary N) is 1. The summed E-state index contributed by atoms with van der Waals surface area (Å²) in [5, 5.41) is 6.45. The summed E-state index contributed by atoms with van der Waals surface area (Å²) >= 11 is 0. The molecular weight excluding hydrogens is 375 g/mol. The molecule has 4 rings (SSSR count). The maximum Gasteiger partial charge on any atom is 0.275 e. The van der Waals surface area contributed by atoms with Crippen molar-refractivity contribution in [3.05, 3.63) is 59.4 Å². The van der Waals surface area contributed by atoms with Crippen LogP contribution in [-0.2, 0) is 0 Å². The average molecular weight is 396 g/mol. The average Bonchev–Trinajstić information content (AvgIpc) is 3.13. The molecule has 3 aromatic rings. The number of piperazine rings is 1. The van der Waals surface area contributed by atoms with Crippen LogP contribution in [0.25, 0.3) is 0 Å². The van der Waals surface area contributed by atoms with E-state index in [1.54, 1.807) is 31.2 Å². The van der Waals surface area contributed by atoms with Crippen molar-refractivity contribution < 1.29 is 13.7 Å². The number of carbonyl (C=O) groups excluding carboxylic acids is 1. The fourth-order valence-corrected chi connectivity index (χ4v) is 3.23. The fourth-order valence-electron chi connectivity index (χ4n) is 3.23. The van der Waals surface area contributed by atoms with Gasteiger partial charge in [0.1, 0.15) is 17.3 Å². The van der Waals surface area contributed by atoms with E-state index in [1.807, 2.05) is 11.8 Å². The Labute approximate surface area is 167 Å². The Morgan fingerprint density at radius 2 is 1.72 bits per heavy atom. The van der Waals surface area contributed by atoms with Gasteiger partial charge in [-0.1, -0.05) is 5.16 Å². The summed E-state index contributed by atoms with van der Waals surface area (Å²) in [7, 11) is 0. The highest BCUT2D eigenvalue weighted by Crippen LogP contribution is 2.20. The van der Waals surface area contributed by atoms with Crippen LogP contribution in [0.2, 0.25) is 0 Å². The molecule has 1 N–H and O–H groups in total. The monoisotopic (exact) mass is 396 g/mol. The molecule has 1 fully saturated rings. The van der Waals surface area contributed by atoms with Gasteiger partial charge in [0, 0.05) is 43.6 Å². The lowest BCUT2D eigenvalue weighted by Gasteiger charge is -2.36. The number of amides is 1. The number of halogens is 1. The SMILES string of the molecule is Cc1cc(C(=O)Nc2cc(C)on2)nc(N2CCN(c3ccc(F)cc3)CC2)n1. The number of rotatable bonds is 4. The zero-order valence-electron chi connectivity index (χ0n) is 16.2. The molecule has 1 aromatic carbocycles. The first kappa shape index (κ1) is 18.9. The molecule has 8 nitrogen and oxygen atoms in total. The Morgan fingerprint density at radius 3 is 2.38 bits per heavy atom. The number of aromatic nitrogens is 3. The molecule has 1 aliphatic heterocycles. The van der Waals surface area contributed by atoms with E-state index in [-0.39, 0.29) is 17.4 Å². The van der Waals surface area contributed by atoms with Crippen molar-refractivity contribution in [1.29, 1.82) is 0 Å². The van der Waals surface area contributed by atoms with Crippen molar-refractivity contribution in [2.45, 2.75) is 13.8 Å². The molecule has 0 saturated carbocycles. The number of hydrogen-bond donors (Lipinski definition) is 1. The predicted molar refractivity (Wildman–Crippen MR) is 107 cm³/mol. The molecule has 0 unspecified atom stereocenters. The van der Waals surface area contributed by atoms with Gasteiger partial charge in [-0.15, -0.1) is 0 Å². The van der Waals surface area contributed by atoms with Gasteiger partial charge in [-0.05, 0) is 44.2 Å². The zero-order chi connectivity index (χ0) is 20.4. The second-order valence-electron chi connectivity index (χ2n) is 6.92. The Kier molecular flexibility index (Phi) is 5.11. The minimum absolute atomic E-state index is 0.243. The summed E-state index contributed by atoms with van der Waals surface area (Å²) in [5.41, 5.74) is 1.96. The topological polar surface area (TPSA) is 87.4 Å². The molecule has 0 radical (unpaired) electrons. The molecule has 29 heavy (non-hydrogen) atoms. The summed E-state index contributed by atoms with van der Waals surface area (Å²) in [4.78, 5) is 25.7. The number of aryl methyl sites for hydroxylation is 2. The van der Waals surface area contributed by atoms with E-state index in [2.05, 4.69) is 25.3 Å². The van der Waals surface area contributed by atoms with Crippen LogP contribution in [0, 0.1) is 19.7 Å². The van der Waals surface area contributed by atoms with Gasteiger partial charge in [0.15, 0.2) is 5.82 Å². The van der Waals surface area contributed by atoms with Gasteiger partial charge in [0.05, 0.1) is 0 Å². The second-order valence-corrected chi connectivity index (χ2v) is 6.92. The lowest BCUT2D eigenvalue weighted by atomic mass is 10.2. The first-order chi connectivity index (χ1) is 14.0. The lowest BCUT2D eigenvalue weighted by Crippen LogP contribution is -2.47. The molecule has 1 amide bonds. The van der Waals surface area contributed by atoms with Gasteiger partial charge in [-0.2, -0.15) is 0 Å². The van der Waals surface area contributed by atoms with Crippen LogP contribution >= 0.6 is 0 Å². The highest BCUT2D eigenvalue weighted by molar-refractivity contribution is 6.02. The van der Waals surface area contributed by atoms with Crippen molar-refractivity contribution in [3.8, 4) is 0 Å². The summed E-state index contributed by atoms with van der Waals surface area (Å²) in [6, 6.07) is 9.77. The van der Waals surface area contributed by atoms with Crippen LogP contribution in [0.5, 0.6) is 0 Å². The van der Waals surface area contributed by atoms with Gasteiger partial charge in [-0.3, -0.25) is 4.79 Å². The van der Waals surface area contributed by atoms with E-state index in [0.717, 1.165) is 18.8 Å². The van der Waals surface area contributed by atoms with Crippen molar-refractivity contribution in [2.24, 2.45) is 0 Å². The van der Waals surface area contributed by atoms with Gasteiger partial charge >= 0.3 is 0 Å². The molecule has 1 saturated heterocycles. The maximum absolute atomic E-state index is 13.1. The molecule has 2 aromatic heterocycles. The number of benzene rings is 1. The van der Waals surface area contributed by atoms with E-state index in [1.165, 1.54) is 12.1 Å². The smallest absolute Gasteiger partial charge is 0.275 e. The summed E-state index contributed by atoms with van der Waals surface area (Å²) in [6.07, 6.45) is 0. The largest absolute Gasteiger partial charge is 0.368 e. The molecule has 0 aliphatic carbocycles. The van der Waals surface area contributed by atoms with Crippen molar-refractivity contribution in [2.75, 3.05) is 41.3 Å². The van der Waals surface area contributed by atoms with Crippen molar-refractivity contribution in [3.63, 3.8) is 0 Å². The van der Waals surface area contributed by atoms with Gasteiger partial charge in [0.25, 0.3) is 5.91 Å². The maximum atomic E-state index is 13.1. The molecule has 0 spiro atoms. The Morgan fingerprint density at radius 1 is 1.03 bits per heavy atom. The number of hydrogen-bond acceptors (Lipinski definition) is 7. The zero-order valence-corrected chi connectivity index (χ0v) is 16.2. The third-order valence-electron chi connectivity index (χ3n) is 4.70.